The van der Waals surface area contributed by atoms with E-state index in [1.54, 1.807) is 6.07 Å². The fourth-order valence-corrected chi connectivity index (χ4v) is 4.19. The SMILES string of the molecule is CCOC[C@]12CCCO[C@H]1CCN(C(=O)c1ccc3c(c1)OCO3)C2. The minimum Gasteiger partial charge on any atom is -0.454 e. The Hall–Kier alpha value is -1.79. The minimum atomic E-state index is -0.0848. The van der Waals surface area contributed by atoms with Crippen LogP contribution in [0.3, 0.4) is 0 Å². The van der Waals surface area contributed by atoms with Gasteiger partial charge in [0, 0.05) is 37.3 Å². The van der Waals surface area contributed by atoms with Crippen molar-refractivity contribution < 1.29 is 23.7 Å². The normalized spacial score (nSPS) is 27.9. The molecule has 0 N–H and O–H groups in total. The Kier molecular flexibility index (Phi) is 4.56. The molecule has 0 spiro atoms. The summed E-state index contributed by atoms with van der Waals surface area (Å²) in [5.74, 6) is 1.38. The molecule has 2 fully saturated rings. The van der Waals surface area contributed by atoms with E-state index in [0.717, 1.165) is 25.9 Å². The van der Waals surface area contributed by atoms with Crippen molar-refractivity contribution >= 4 is 5.91 Å². The summed E-state index contributed by atoms with van der Waals surface area (Å²) in [5.41, 5.74) is 0.560. The van der Waals surface area contributed by atoms with Gasteiger partial charge in [-0.2, -0.15) is 0 Å². The first-order valence-corrected chi connectivity index (χ1v) is 9.10. The molecule has 4 rings (SSSR count). The Labute approximate surface area is 148 Å². The zero-order valence-corrected chi connectivity index (χ0v) is 14.7. The molecule has 1 aromatic carbocycles. The number of nitrogens with zero attached hydrogens (tertiary/aromatic N) is 1. The third kappa shape index (κ3) is 3.09. The lowest BCUT2D eigenvalue weighted by Gasteiger charge is -2.50. The molecule has 1 aromatic rings. The molecule has 3 heterocycles. The van der Waals surface area contributed by atoms with Crippen molar-refractivity contribution in [3.8, 4) is 11.5 Å². The Morgan fingerprint density at radius 1 is 1.36 bits per heavy atom. The third-order valence-corrected chi connectivity index (χ3v) is 5.49. The van der Waals surface area contributed by atoms with E-state index < -0.39 is 0 Å². The number of hydrogen-bond donors (Lipinski definition) is 0. The number of hydrogen-bond acceptors (Lipinski definition) is 5. The lowest BCUT2D eigenvalue weighted by Crippen LogP contribution is -2.58. The summed E-state index contributed by atoms with van der Waals surface area (Å²) in [6, 6.07) is 5.40. The fourth-order valence-electron chi connectivity index (χ4n) is 4.19. The zero-order valence-electron chi connectivity index (χ0n) is 14.7. The molecule has 0 unspecified atom stereocenters. The topological polar surface area (TPSA) is 57.2 Å². The number of ether oxygens (including phenoxy) is 4. The van der Waals surface area contributed by atoms with Gasteiger partial charge in [0.25, 0.3) is 5.91 Å². The van der Waals surface area contributed by atoms with E-state index in [1.165, 1.54) is 0 Å². The number of fused-ring (bicyclic) bond motifs is 2. The van der Waals surface area contributed by atoms with Crippen LogP contribution in [0.5, 0.6) is 11.5 Å². The largest absolute Gasteiger partial charge is 0.454 e. The number of carbonyl (C=O) groups excluding carboxylic acids is 1. The van der Waals surface area contributed by atoms with E-state index >= 15 is 0 Å². The summed E-state index contributed by atoms with van der Waals surface area (Å²) in [6.45, 7) is 5.77. The van der Waals surface area contributed by atoms with Gasteiger partial charge in [-0.25, -0.2) is 0 Å². The molecule has 0 aliphatic carbocycles. The number of likely N-dealkylation sites (tertiary alicyclic amines) is 1. The number of benzene rings is 1. The Balaban J connectivity index is 1.53. The highest BCUT2D eigenvalue weighted by atomic mass is 16.7. The van der Waals surface area contributed by atoms with Crippen molar-refractivity contribution in [3.05, 3.63) is 23.8 Å². The van der Waals surface area contributed by atoms with Gasteiger partial charge in [-0.15, -0.1) is 0 Å². The maximum absolute atomic E-state index is 13.0. The van der Waals surface area contributed by atoms with Gasteiger partial charge in [0.05, 0.1) is 12.7 Å². The molecule has 25 heavy (non-hydrogen) atoms. The molecule has 2 atom stereocenters. The second-order valence-electron chi connectivity index (χ2n) is 7.05. The Morgan fingerprint density at radius 3 is 3.12 bits per heavy atom. The average molecular weight is 347 g/mol. The molecule has 0 saturated carbocycles. The van der Waals surface area contributed by atoms with Crippen molar-refractivity contribution in [2.45, 2.75) is 32.3 Å². The predicted octanol–water partition coefficient (Wildman–Crippen LogP) is 2.46. The van der Waals surface area contributed by atoms with E-state index in [0.29, 0.717) is 43.4 Å². The van der Waals surface area contributed by atoms with Crippen LogP contribution in [0, 0.1) is 5.41 Å². The second-order valence-corrected chi connectivity index (χ2v) is 7.05. The summed E-state index contributed by atoms with van der Waals surface area (Å²) in [5, 5.41) is 0. The van der Waals surface area contributed by atoms with Crippen LogP contribution < -0.4 is 9.47 Å². The van der Waals surface area contributed by atoms with Gasteiger partial charge in [-0.1, -0.05) is 0 Å². The van der Waals surface area contributed by atoms with Crippen LogP contribution in [0.1, 0.15) is 36.5 Å². The van der Waals surface area contributed by atoms with Crippen LogP contribution in [0.15, 0.2) is 18.2 Å². The van der Waals surface area contributed by atoms with Gasteiger partial charge in [0.2, 0.25) is 6.79 Å². The Morgan fingerprint density at radius 2 is 2.24 bits per heavy atom. The van der Waals surface area contributed by atoms with Crippen LogP contribution >= 0.6 is 0 Å². The number of amides is 1. The summed E-state index contributed by atoms with van der Waals surface area (Å²) in [4.78, 5) is 15.0. The van der Waals surface area contributed by atoms with Gasteiger partial charge >= 0.3 is 0 Å². The summed E-state index contributed by atoms with van der Waals surface area (Å²) in [6.07, 6.45) is 3.12. The molecule has 2 saturated heterocycles. The summed E-state index contributed by atoms with van der Waals surface area (Å²) in [7, 11) is 0. The maximum atomic E-state index is 13.0. The molecule has 0 bridgehead atoms. The molecule has 6 nitrogen and oxygen atoms in total. The molecule has 3 aliphatic heterocycles. The van der Waals surface area contributed by atoms with Crippen LogP contribution in [-0.2, 0) is 9.47 Å². The summed E-state index contributed by atoms with van der Waals surface area (Å²) < 4.78 is 22.5. The van der Waals surface area contributed by atoms with Gasteiger partial charge in [0.1, 0.15) is 0 Å². The predicted molar refractivity (Wildman–Crippen MR) is 91.0 cm³/mol. The van der Waals surface area contributed by atoms with Gasteiger partial charge in [0.15, 0.2) is 11.5 Å². The van der Waals surface area contributed by atoms with Crippen molar-refractivity contribution in [1.82, 2.24) is 4.90 Å². The molecule has 3 aliphatic rings. The number of rotatable bonds is 4. The van der Waals surface area contributed by atoms with Crippen LogP contribution in [0.4, 0.5) is 0 Å². The molecule has 6 heteroatoms. The zero-order chi connectivity index (χ0) is 17.3. The summed E-state index contributed by atoms with van der Waals surface area (Å²) >= 11 is 0. The number of carbonyl (C=O) groups is 1. The number of piperidine rings is 1. The fraction of sp³-hybridized carbons (Fsp3) is 0.632. The molecule has 136 valence electrons. The van der Waals surface area contributed by atoms with Crippen molar-refractivity contribution in [2.24, 2.45) is 5.41 Å². The quantitative estimate of drug-likeness (QED) is 0.837. The van der Waals surface area contributed by atoms with Crippen LogP contribution in [-0.4, -0.2) is 56.6 Å². The third-order valence-electron chi connectivity index (χ3n) is 5.49. The smallest absolute Gasteiger partial charge is 0.254 e. The molecule has 1 amide bonds. The van der Waals surface area contributed by atoms with E-state index in [1.807, 2.05) is 24.0 Å². The highest BCUT2D eigenvalue weighted by molar-refractivity contribution is 5.95. The molecular formula is C19H25NO5. The van der Waals surface area contributed by atoms with E-state index in [2.05, 4.69) is 0 Å². The molecule has 0 aromatic heterocycles. The van der Waals surface area contributed by atoms with Gasteiger partial charge in [-0.3, -0.25) is 4.79 Å². The van der Waals surface area contributed by atoms with Gasteiger partial charge < -0.3 is 23.8 Å². The monoisotopic (exact) mass is 347 g/mol. The van der Waals surface area contributed by atoms with Crippen molar-refractivity contribution in [1.29, 1.82) is 0 Å². The lowest BCUT2D eigenvalue weighted by atomic mass is 9.73. The minimum absolute atomic E-state index is 0.0400. The van der Waals surface area contributed by atoms with E-state index in [-0.39, 0.29) is 24.2 Å². The average Bonchev–Trinajstić information content (AvgIpc) is 3.13. The standard InChI is InChI=1S/C19H25NO5/c1-2-22-12-19-7-3-9-23-17(19)6-8-20(11-19)18(21)14-4-5-15-16(10-14)25-13-24-15/h4-5,10,17H,2-3,6-9,11-13H2,1H3/t17-,19+/m0/s1. The first-order valence-electron chi connectivity index (χ1n) is 9.10. The Bertz CT molecular complexity index is 649. The first-order chi connectivity index (χ1) is 12.2. The van der Waals surface area contributed by atoms with Gasteiger partial charge in [-0.05, 0) is 44.4 Å². The van der Waals surface area contributed by atoms with Crippen LogP contribution in [0.25, 0.3) is 0 Å². The molecule has 0 radical (unpaired) electrons. The van der Waals surface area contributed by atoms with Crippen molar-refractivity contribution in [3.63, 3.8) is 0 Å². The first kappa shape index (κ1) is 16.7. The molecular weight excluding hydrogens is 322 g/mol. The van der Waals surface area contributed by atoms with E-state index in [9.17, 15) is 4.79 Å². The lowest BCUT2D eigenvalue weighted by molar-refractivity contribution is -0.146. The van der Waals surface area contributed by atoms with E-state index in [4.69, 9.17) is 18.9 Å². The highest BCUT2D eigenvalue weighted by Crippen LogP contribution is 2.41. The highest BCUT2D eigenvalue weighted by Gasteiger charge is 2.47. The maximum Gasteiger partial charge on any atom is 0.254 e. The second kappa shape index (κ2) is 6.84. The van der Waals surface area contributed by atoms with Crippen LogP contribution in [0.2, 0.25) is 0 Å². The van der Waals surface area contributed by atoms with Crippen molar-refractivity contribution in [2.75, 3.05) is 39.7 Å².